The SMILES string of the molecule is CC(C)C(C)n1c(SCC(=O)O)n[nH]c1=O. The van der Waals surface area contributed by atoms with Crippen molar-refractivity contribution in [2.75, 3.05) is 5.75 Å². The Hall–Kier alpha value is -1.24. The van der Waals surface area contributed by atoms with Crippen molar-refractivity contribution in [1.29, 1.82) is 0 Å². The first-order valence-corrected chi connectivity index (χ1v) is 5.93. The van der Waals surface area contributed by atoms with Crippen molar-refractivity contribution in [2.45, 2.75) is 32.0 Å². The molecule has 0 saturated carbocycles. The van der Waals surface area contributed by atoms with Gasteiger partial charge in [-0.1, -0.05) is 25.6 Å². The Morgan fingerprint density at radius 1 is 1.56 bits per heavy atom. The molecule has 0 aliphatic carbocycles. The second-order valence-electron chi connectivity index (χ2n) is 3.85. The lowest BCUT2D eigenvalue weighted by molar-refractivity contribution is -0.133. The quantitative estimate of drug-likeness (QED) is 0.754. The third-order valence-electron chi connectivity index (χ3n) is 2.37. The van der Waals surface area contributed by atoms with Gasteiger partial charge >= 0.3 is 11.7 Å². The fraction of sp³-hybridized carbons (Fsp3) is 0.667. The molecule has 0 amide bonds. The molecule has 0 radical (unpaired) electrons. The highest BCUT2D eigenvalue weighted by atomic mass is 32.2. The summed E-state index contributed by atoms with van der Waals surface area (Å²) in [6.07, 6.45) is 0. The average Bonchev–Trinajstić information content (AvgIpc) is 2.55. The third-order valence-corrected chi connectivity index (χ3v) is 3.31. The van der Waals surface area contributed by atoms with Gasteiger partial charge in [0.05, 0.1) is 5.75 Å². The van der Waals surface area contributed by atoms with Crippen molar-refractivity contribution in [2.24, 2.45) is 5.92 Å². The molecule has 1 unspecified atom stereocenters. The van der Waals surface area contributed by atoms with Crippen LogP contribution in [0, 0.1) is 5.92 Å². The van der Waals surface area contributed by atoms with Gasteiger partial charge in [-0.25, -0.2) is 9.89 Å². The number of thioether (sulfide) groups is 1. The molecular formula is C9H15N3O3S. The number of hydrogen-bond acceptors (Lipinski definition) is 4. The highest BCUT2D eigenvalue weighted by molar-refractivity contribution is 7.99. The zero-order valence-electron chi connectivity index (χ0n) is 9.43. The van der Waals surface area contributed by atoms with Crippen molar-refractivity contribution >= 4 is 17.7 Å². The highest BCUT2D eigenvalue weighted by Crippen LogP contribution is 2.21. The number of aromatic amines is 1. The number of aromatic nitrogens is 3. The lowest BCUT2D eigenvalue weighted by Gasteiger charge is -2.17. The van der Waals surface area contributed by atoms with E-state index in [4.69, 9.17) is 5.11 Å². The fourth-order valence-corrected chi connectivity index (χ4v) is 1.93. The number of nitrogens with one attached hydrogen (secondary N) is 1. The molecule has 90 valence electrons. The van der Waals surface area contributed by atoms with Crippen molar-refractivity contribution in [1.82, 2.24) is 14.8 Å². The fourth-order valence-electron chi connectivity index (χ4n) is 1.18. The zero-order chi connectivity index (χ0) is 12.3. The van der Waals surface area contributed by atoms with Gasteiger partial charge in [-0.05, 0) is 12.8 Å². The van der Waals surface area contributed by atoms with Crippen LogP contribution in [-0.4, -0.2) is 31.6 Å². The number of rotatable bonds is 5. The molecule has 1 atom stereocenters. The van der Waals surface area contributed by atoms with Crippen LogP contribution in [-0.2, 0) is 4.79 Å². The molecule has 2 N–H and O–H groups in total. The van der Waals surface area contributed by atoms with E-state index in [1.807, 2.05) is 20.8 Å². The maximum absolute atomic E-state index is 11.5. The number of carboxylic acids is 1. The lowest BCUT2D eigenvalue weighted by Crippen LogP contribution is -2.24. The van der Waals surface area contributed by atoms with Crippen LogP contribution in [0.1, 0.15) is 26.8 Å². The summed E-state index contributed by atoms with van der Waals surface area (Å²) in [5.74, 6) is -0.751. The van der Waals surface area contributed by atoms with E-state index in [0.29, 0.717) is 5.16 Å². The normalized spacial score (nSPS) is 13.0. The van der Waals surface area contributed by atoms with E-state index in [-0.39, 0.29) is 23.4 Å². The second kappa shape index (κ2) is 5.20. The van der Waals surface area contributed by atoms with E-state index in [2.05, 4.69) is 10.2 Å². The molecule has 0 aromatic carbocycles. The van der Waals surface area contributed by atoms with Crippen LogP contribution in [0.15, 0.2) is 9.95 Å². The molecule has 1 aromatic heterocycles. The Morgan fingerprint density at radius 2 is 2.19 bits per heavy atom. The van der Waals surface area contributed by atoms with Crippen LogP contribution in [0.25, 0.3) is 0 Å². The monoisotopic (exact) mass is 245 g/mol. The minimum absolute atomic E-state index is 0.0115. The van der Waals surface area contributed by atoms with Crippen LogP contribution in [0.5, 0.6) is 0 Å². The van der Waals surface area contributed by atoms with E-state index >= 15 is 0 Å². The summed E-state index contributed by atoms with van der Waals surface area (Å²) in [5.41, 5.74) is -0.297. The molecule has 0 aliphatic rings. The molecule has 16 heavy (non-hydrogen) atoms. The second-order valence-corrected chi connectivity index (χ2v) is 4.79. The molecule has 1 heterocycles. The molecule has 0 spiro atoms. The molecule has 7 heteroatoms. The summed E-state index contributed by atoms with van der Waals surface area (Å²) in [5, 5.41) is 15.2. The van der Waals surface area contributed by atoms with Crippen LogP contribution < -0.4 is 5.69 Å². The molecule has 0 aliphatic heterocycles. The van der Waals surface area contributed by atoms with Gasteiger partial charge in [0, 0.05) is 6.04 Å². The summed E-state index contributed by atoms with van der Waals surface area (Å²) >= 11 is 1.04. The molecule has 1 rings (SSSR count). The topological polar surface area (TPSA) is 88.0 Å². The summed E-state index contributed by atoms with van der Waals surface area (Å²) in [6, 6.07) is -0.0115. The van der Waals surface area contributed by atoms with Crippen molar-refractivity contribution in [3.05, 3.63) is 10.5 Å². The number of carboxylic acid groups (broad SMARTS) is 1. The molecule has 0 bridgehead atoms. The van der Waals surface area contributed by atoms with Gasteiger partial charge in [0.1, 0.15) is 0 Å². The predicted octanol–water partition coefficient (Wildman–Crippen LogP) is 0.965. The van der Waals surface area contributed by atoms with Crippen molar-refractivity contribution in [3.8, 4) is 0 Å². The summed E-state index contributed by atoms with van der Waals surface area (Å²) in [6.45, 7) is 5.90. The zero-order valence-corrected chi connectivity index (χ0v) is 10.2. The first kappa shape index (κ1) is 12.8. The van der Waals surface area contributed by atoms with E-state index in [1.54, 1.807) is 0 Å². The van der Waals surface area contributed by atoms with Gasteiger partial charge in [0.25, 0.3) is 0 Å². The molecule has 6 nitrogen and oxygen atoms in total. The number of hydrogen-bond donors (Lipinski definition) is 2. The summed E-state index contributed by atoms with van der Waals surface area (Å²) in [7, 11) is 0. The number of H-pyrrole nitrogens is 1. The largest absolute Gasteiger partial charge is 0.481 e. The van der Waals surface area contributed by atoms with Crippen LogP contribution in [0.2, 0.25) is 0 Å². The van der Waals surface area contributed by atoms with Gasteiger partial charge in [-0.2, -0.15) is 0 Å². The first-order valence-electron chi connectivity index (χ1n) is 4.95. The molecule has 0 fully saturated rings. The maximum atomic E-state index is 11.5. The van der Waals surface area contributed by atoms with Gasteiger partial charge in [0.2, 0.25) is 0 Å². The van der Waals surface area contributed by atoms with E-state index < -0.39 is 5.97 Å². The van der Waals surface area contributed by atoms with Gasteiger partial charge in [-0.15, -0.1) is 5.10 Å². The van der Waals surface area contributed by atoms with Crippen molar-refractivity contribution < 1.29 is 9.90 Å². The third kappa shape index (κ3) is 2.88. The number of nitrogens with zero attached hydrogens (tertiary/aromatic N) is 2. The Kier molecular flexibility index (Phi) is 4.17. The van der Waals surface area contributed by atoms with Crippen LogP contribution >= 0.6 is 11.8 Å². The Balaban J connectivity index is 2.94. The Morgan fingerprint density at radius 3 is 2.69 bits per heavy atom. The molecule has 1 aromatic rings. The van der Waals surface area contributed by atoms with Crippen LogP contribution in [0.4, 0.5) is 0 Å². The minimum Gasteiger partial charge on any atom is -0.481 e. The average molecular weight is 245 g/mol. The minimum atomic E-state index is -0.927. The van der Waals surface area contributed by atoms with Gasteiger partial charge in [0.15, 0.2) is 5.16 Å². The Bertz CT molecular complexity index is 424. The highest BCUT2D eigenvalue weighted by Gasteiger charge is 2.18. The lowest BCUT2D eigenvalue weighted by atomic mass is 10.1. The molecule has 0 saturated heterocycles. The summed E-state index contributed by atoms with van der Waals surface area (Å²) < 4.78 is 1.50. The van der Waals surface area contributed by atoms with Gasteiger partial charge < -0.3 is 5.11 Å². The smallest absolute Gasteiger partial charge is 0.344 e. The van der Waals surface area contributed by atoms with Crippen LogP contribution in [0.3, 0.4) is 0 Å². The van der Waals surface area contributed by atoms with Crippen molar-refractivity contribution in [3.63, 3.8) is 0 Å². The van der Waals surface area contributed by atoms with Gasteiger partial charge in [-0.3, -0.25) is 9.36 Å². The number of aliphatic carboxylic acids is 1. The van der Waals surface area contributed by atoms with E-state index in [0.717, 1.165) is 11.8 Å². The van der Waals surface area contributed by atoms with E-state index in [1.165, 1.54) is 4.57 Å². The first-order chi connectivity index (χ1) is 7.43. The van der Waals surface area contributed by atoms with E-state index in [9.17, 15) is 9.59 Å². The number of carbonyl (C=O) groups is 1. The standard InChI is InChI=1S/C9H15N3O3S/c1-5(2)6(3)12-8(15)10-11-9(12)16-4-7(13)14/h5-6H,4H2,1-3H3,(H,10,15)(H,13,14). The molecular weight excluding hydrogens is 230 g/mol. The maximum Gasteiger partial charge on any atom is 0.344 e. The Labute approximate surface area is 97.1 Å². The summed E-state index contributed by atoms with van der Waals surface area (Å²) in [4.78, 5) is 22.0. The predicted molar refractivity (Wildman–Crippen MR) is 60.8 cm³/mol.